The summed E-state index contributed by atoms with van der Waals surface area (Å²) in [6, 6.07) is 6.89. The fourth-order valence-electron chi connectivity index (χ4n) is 1.94. The lowest BCUT2D eigenvalue weighted by molar-refractivity contribution is 0.412. The minimum Gasteiger partial charge on any atom is -0.495 e. The second-order valence-electron chi connectivity index (χ2n) is 4.19. The summed E-state index contributed by atoms with van der Waals surface area (Å²) < 4.78 is 7.18. The molecule has 0 unspecified atom stereocenters. The molecule has 4 nitrogen and oxygen atoms in total. The van der Waals surface area contributed by atoms with Crippen LogP contribution in [0.3, 0.4) is 0 Å². The number of nitrogens with zero attached hydrogens (tertiary/aromatic N) is 1. The first-order valence-corrected chi connectivity index (χ1v) is 6.20. The first kappa shape index (κ1) is 13.6. The van der Waals surface area contributed by atoms with Crippen LogP contribution in [0.25, 0.3) is 5.69 Å². The summed E-state index contributed by atoms with van der Waals surface area (Å²) in [5.41, 5.74) is 7.64. The predicted octanol–water partition coefficient (Wildman–Crippen LogP) is 2.27. The third-order valence-electron chi connectivity index (χ3n) is 2.94. The van der Waals surface area contributed by atoms with Gasteiger partial charge in [-0.15, -0.1) is 0 Å². The topological polar surface area (TPSA) is 57.2 Å². The number of aromatic nitrogens is 1. The van der Waals surface area contributed by atoms with Gasteiger partial charge in [0, 0.05) is 35.1 Å². The molecule has 1 heterocycles. The van der Waals surface area contributed by atoms with E-state index < -0.39 is 0 Å². The lowest BCUT2D eigenvalue weighted by Crippen LogP contribution is -2.17. The highest BCUT2D eigenvalue weighted by molar-refractivity contribution is 6.30. The van der Waals surface area contributed by atoms with E-state index in [2.05, 4.69) is 0 Å². The highest BCUT2D eigenvalue weighted by Gasteiger charge is 2.09. The number of aryl methyl sites for hydroxylation is 1. The van der Waals surface area contributed by atoms with Gasteiger partial charge in [-0.3, -0.25) is 4.79 Å². The monoisotopic (exact) mass is 278 g/mol. The molecule has 100 valence electrons. The van der Waals surface area contributed by atoms with Crippen LogP contribution >= 0.6 is 11.6 Å². The molecular formula is C14H15ClN2O2. The Bertz CT molecular complexity index is 665. The molecule has 1 aromatic carbocycles. The van der Waals surface area contributed by atoms with Gasteiger partial charge in [0.25, 0.3) is 0 Å². The predicted molar refractivity (Wildman–Crippen MR) is 76.2 cm³/mol. The number of pyridine rings is 1. The van der Waals surface area contributed by atoms with Crippen molar-refractivity contribution in [3.63, 3.8) is 0 Å². The highest BCUT2D eigenvalue weighted by Crippen LogP contribution is 2.27. The Balaban J connectivity index is 2.71. The Morgan fingerprint density at radius 3 is 2.74 bits per heavy atom. The lowest BCUT2D eigenvalue weighted by Gasteiger charge is -2.15. The third kappa shape index (κ3) is 2.64. The molecule has 2 rings (SSSR count). The van der Waals surface area contributed by atoms with Crippen molar-refractivity contribution in [3.05, 3.63) is 57.0 Å². The van der Waals surface area contributed by atoms with E-state index in [1.165, 1.54) is 0 Å². The summed E-state index contributed by atoms with van der Waals surface area (Å²) in [5.74, 6) is 0.680. The maximum atomic E-state index is 11.7. The summed E-state index contributed by atoms with van der Waals surface area (Å²) in [6.07, 6.45) is 1.73. The normalized spacial score (nSPS) is 10.5. The van der Waals surface area contributed by atoms with E-state index in [1.807, 2.05) is 11.5 Å². The van der Waals surface area contributed by atoms with Crippen LogP contribution in [0.5, 0.6) is 5.75 Å². The Kier molecular flexibility index (Phi) is 3.93. The SMILES string of the molecule is COc1ccc(Cl)cc1-n1cc(CN)c(=O)cc1C. The van der Waals surface area contributed by atoms with Crippen molar-refractivity contribution in [2.45, 2.75) is 13.5 Å². The molecule has 0 aliphatic rings. The van der Waals surface area contributed by atoms with Gasteiger partial charge in [0.2, 0.25) is 0 Å². The van der Waals surface area contributed by atoms with Gasteiger partial charge < -0.3 is 15.0 Å². The minimum absolute atomic E-state index is 0.0581. The zero-order valence-electron chi connectivity index (χ0n) is 10.8. The Morgan fingerprint density at radius 1 is 1.37 bits per heavy atom. The fraction of sp³-hybridized carbons (Fsp3) is 0.214. The molecule has 0 aliphatic carbocycles. The maximum absolute atomic E-state index is 11.7. The number of halogens is 1. The Labute approximate surface area is 116 Å². The van der Waals surface area contributed by atoms with Gasteiger partial charge in [0.1, 0.15) is 5.75 Å². The van der Waals surface area contributed by atoms with Gasteiger partial charge >= 0.3 is 0 Å². The lowest BCUT2D eigenvalue weighted by atomic mass is 10.2. The van der Waals surface area contributed by atoms with Gasteiger partial charge in [-0.2, -0.15) is 0 Å². The maximum Gasteiger partial charge on any atom is 0.186 e. The molecule has 0 atom stereocenters. The van der Waals surface area contributed by atoms with E-state index in [0.29, 0.717) is 16.3 Å². The molecule has 0 fully saturated rings. The molecule has 0 bridgehead atoms. The summed E-state index contributed by atoms with van der Waals surface area (Å²) in [6.45, 7) is 2.05. The second-order valence-corrected chi connectivity index (χ2v) is 4.63. The molecule has 5 heteroatoms. The van der Waals surface area contributed by atoms with Crippen molar-refractivity contribution in [2.75, 3.05) is 7.11 Å². The highest BCUT2D eigenvalue weighted by atomic mass is 35.5. The number of methoxy groups -OCH3 is 1. The van der Waals surface area contributed by atoms with E-state index in [0.717, 1.165) is 11.4 Å². The third-order valence-corrected chi connectivity index (χ3v) is 3.18. The Morgan fingerprint density at radius 2 is 2.11 bits per heavy atom. The van der Waals surface area contributed by atoms with E-state index in [4.69, 9.17) is 22.1 Å². The van der Waals surface area contributed by atoms with E-state index >= 15 is 0 Å². The smallest absolute Gasteiger partial charge is 0.186 e. The van der Waals surface area contributed by atoms with Crippen molar-refractivity contribution in [1.82, 2.24) is 4.57 Å². The largest absolute Gasteiger partial charge is 0.495 e. The molecule has 1 aromatic heterocycles. The van der Waals surface area contributed by atoms with Gasteiger partial charge in [-0.25, -0.2) is 0 Å². The van der Waals surface area contributed by atoms with Crippen molar-refractivity contribution in [3.8, 4) is 11.4 Å². The zero-order valence-corrected chi connectivity index (χ0v) is 11.6. The average Bonchev–Trinajstić information content (AvgIpc) is 2.39. The van der Waals surface area contributed by atoms with Crippen LogP contribution in [0.4, 0.5) is 0 Å². The minimum atomic E-state index is -0.0581. The quantitative estimate of drug-likeness (QED) is 0.937. The summed E-state index contributed by atoms with van der Waals surface area (Å²) in [5, 5.41) is 0.600. The first-order chi connectivity index (χ1) is 9.06. The van der Waals surface area contributed by atoms with Crippen LogP contribution in [-0.4, -0.2) is 11.7 Å². The van der Waals surface area contributed by atoms with Crippen molar-refractivity contribution in [1.29, 1.82) is 0 Å². The van der Waals surface area contributed by atoms with Crippen LogP contribution < -0.4 is 15.9 Å². The van der Waals surface area contributed by atoms with Crippen LogP contribution in [0.1, 0.15) is 11.3 Å². The Hall–Kier alpha value is -1.78. The molecule has 2 N–H and O–H groups in total. The van der Waals surface area contributed by atoms with Crippen molar-refractivity contribution in [2.24, 2.45) is 5.73 Å². The molecule has 0 aliphatic heterocycles. The molecular weight excluding hydrogens is 264 g/mol. The van der Waals surface area contributed by atoms with E-state index in [-0.39, 0.29) is 12.0 Å². The molecule has 0 saturated heterocycles. The molecule has 0 amide bonds. The molecule has 0 spiro atoms. The van der Waals surface area contributed by atoms with Crippen LogP contribution in [0.15, 0.2) is 35.3 Å². The van der Waals surface area contributed by atoms with Gasteiger partial charge in [0.15, 0.2) is 5.43 Å². The van der Waals surface area contributed by atoms with Crippen molar-refractivity contribution >= 4 is 11.6 Å². The number of hydrogen-bond donors (Lipinski definition) is 1. The number of ether oxygens (including phenoxy) is 1. The zero-order chi connectivity index (χ0) is 14.0. The van der Waals surface area contributed by atoms with Gasteiger partial charge in [0.05, 0.1) is 12.8 Å². The number of nitrogens with two attached hydrogens (primary N) is 1. The van der Waals surface area contributed by atoms with Crippen LogP contribution in [-0.2, 0) is 6.54 Å². The number of hydrogen-bond acceptors (Lipinski definition) is 3. The van der Waals surface area contributed by atoms with Gasteiger partial charge in [-0.05, 0) is 25.1 Å². The van der Waals surface area contributed by atoms with Crippen LogP contribution in [0.2, 0.25) is 5.02 Å². The molecule has 0 saturated carbocycles. The summed E-state index contributed by atoms with van der Waals surface area (Å²) >= 11 is 6.03. The first-order valence-electron chi connectivity index (χ1n) is 5.83. The molecule has 2 aromatic rings. The second kappa shape index (κ2) is 5.47. The summed E-state index contributed by atoms with van der Waals surface area (Å²) in [4.78, 5) is 11.7. The number of benzene rings is 1. The van der Waals surface area contributed by atoms with E-state index in [1.54, 1.807) is 37.6 Å². The number of rotatable bonds is 3. The van der Waals surface area contributed by atoms with E-state index in [9.17, 15) is 4.79 Å². The average molecular weight is 279 g/mol. The molecule has 0 radical (unpaired) electrons. The molecule has 19 heavy (non-hydrogen) atoms. The fourth-order valence-corrected chi connectivity index (χ4v) is 2.10. The van der Waals surface area contributed by atoms with Gasteiger partial charge in [-0.1, -0.05) is 11.6 Å². The van der Waals surface area contributed by atoms with Crippen LogP contribution in [0, 0.1) is 6.92 Å². The standard InChI is InChI=1S/C14H15ClN2O2/c1-9-5-13(18)10(7-16)8-17(9)12-6-11(15)3-4-14(12)19-2/h3-6,8H,7,16H2,1-2H3. The van der Waals surface area contributed by atoms with Crippen molar-refractivity contribution < 1.29 is 4.74 Å². The summed E-state index contributed by atoms with van der Waals surface area (Å²) in [7, 11) is 1.59.